The normalized spacial score (nSPS) is 23.6. The average Bonchev–Trinajstić information content (AvgIpc) is 2.92. The van der Waals surface area contributed by atoms with Crippen LogP contribution in [0.25, 0.3) is 6.08 Å². The minimum Gasteiger partial charge on any atom is -0.496 e. The van der Waals surface area contributed by atoms with Crippen molar-refractivity contribution in [3.63, 3.8) is 0 Å². The molecule has 1 saturated heterocycles. The molecule has 9 nitrogen and oxygen atoms in total. The van der Waals surface area contributed by atoms with Crippen molar-refractivity contribution in [1.29, 1.82) is 0 Å². The number of rotatable bonds is 10. The lowest BCUT2D eigenvalue weighted by Crippen LogP contribution is -2.55. The van der Waals surface area contributed by atoms with Crippen LogP contribution in [0, 0.1) is 19.3 Å². The second-order valence-electron chi connectivity index (χ2n) is 12.2. The summed E-state index contributed by atoms with van der Waals surface area (Å²) in [5.41, 5.74) is 3.78. The van der Waals surface area contributed by atoms with E-state index in [0.29, 0.717) is 17.7 Å². The van der Waals surface area contributed by atoms with Crippen LogP contribution in [0.15, 0.2) is 36.4 Å². The molecule has 9 heteroatoms. The van der Waals surface area contributed by atoms with Crippen LogP contribution in [0.1, 0.15) is 67.2 Å². The van der Waals surface area contributed by atoms with Gasteiger partial charge in [0.2, 0.25) is 5.91 Å². The van der Waals surface area contributed by atoms with E-state index in [2.05, 4.69) is 5.32 Å². The van der Waals surface area contributed by atoms with E-state index in [4.69, 9.17) is 9.47 Å². The number of hydrogen-bond acceptors (Lipinski definition) is 8. The first kappa shape index (κ1) is 32.7. The number of aliphatic hydroxyl groups excluding tert-OH is 5. The summed E-state index contributed by atoms with van der Waals surface area (Å²) in [4.78, 5) is 12.8. The summed E-state index contributed by atoms with van der Waals surface area (Å²) >= 11 is 0. The van der Waals surface area contributed by atoms with E-state index >= 15 is 0 Å². The predicted octanol–water partition coefficient (Wildman–Crippen LogP) is 2.34. The van der Waals surface area contributed by atoms with E-state index in [-0.39, 0.29) is 12.5 Å². The number of carbonyl (C=O) groups is 1. The molecule has 0 aromatic heterocycles. The highest BCUT2D eigenvalue weighted by Gasteiger charge is 2.44. The molecule has 2 aromatic rings. The molecule has 0 aliphatic carbocycles. The number of aliphatic hydroxyl groups is 5. The quantitative estimate of drug-likeness (QED) is 0.255. The first-order valence-electron chi connectivity index (χ1n) is 13.8. The maximum Gasteiger partial charge on any atom is 0.229 e. The fourth-order valence-corrected chi connectivity index (χ4v) is 4.88. The van der Waals surface area contributed by atoms with Crippen LogP contribution in [0.4, 0.5) is 0 Å². The van der Waals surface area contributed by atoms with E-state index in [1.54, 1.807) is 21.0 Å². The highest BCUT2D eigenvalue weighted by Crippen LogP contribution is 2.36. The Morgan fingerprint density at radius 2 is 1.66 bits per heavy atom. The van der Waals surface area contributed by atoms with Crippen molar-refractivity contribution >= 4 is 12.0 Å². The number of amides is 1. The van der Waals surface area contributed by atoms with Crippen molar-refractivity contribution < 1.29 is 39.8 Å². The van der Waals surface area contributed by atoms with Crippen molar-refractivity contribution in [3.05, 3.63) is 69.8 Å². The zero-order chi connectivity index (χ0) is 30.7. The highest BCUT2D eigenvalue weighted by molar-refractivity contribution is 5.85. The molecular weight excluding hydrogens is 526 g/mol. The van der Waals surface area contributed by atoms with Gasteiger partial charge in [0.1, 0.15) is 36.3 Å². The van der Waals surface area contributed by atoms with Crippen molar-refractivity contribution in [2.45, 2.75) is 84.0 Å². The smallest absolute Gasteiger partial charge is 0.229 e. The maximum absolute atomic E-state index is 12.8. The highest BCUT2D eigenvalue weighted by atomic mass is 16.5. The molecule has 1 aliphatic rings. The van der Waals surface area contributed by atoms with Crippen LogP contribution in [0.2, 0.25) is 0 Å². The number of benzene rings is 2. The van der Waals surface area contributed by atoms with Crippen molar-refractivity contribution in [3.8, 4) is 5.75 Å². The van der Waals surface area contributed by atoms with Crippen LogP contribution in [0.3, 0.4) is 0 Å². The minimum absolute atomic E-state index is 0.165. The van der Waals surface area contributed by atoms with Crippen molar-refractivity contribution in [2.24, 2.45) is 5.41 Å². The number of carbonyl (C=O) groups excluding carboxylic acids is 1. The lowest BCUT2D eigenvalue weighted by atomic mass is 9.86. The van der Waals surface area contributed by atoms with Gasteiger partial charge in [0.25, 0.3) is 0 Å². The van der Waals surface area contributed by atoms with Crippen molar-refractivity contribution in [1.82, 2.24) is 5.32 Å². The molecular formula is C32H45NO8. The lowest BCUT2D eigenvalue weighted by molar-refractivity contribution is -0.231. The number of aryl methyl sites for hydroxylation is 2. The Balaban J connectivity index is 1.86. The molecule has 3 rings (SSSR count). The molecule has 5 atom stereocenters. The Bertz CT molecular complexity index is 1250. The molecule has 1 aliphatic heterocycles. The molecule has 0 saturated carbocycles. The number of hydrogen-bond donors (Lipinski definition) is 6. The van der Waals surface area contributed by atoms with Crippen LogP contribution >= 0.6 is 0 Å². The molecule has 0 unspecified atom stereocenters. The monoisotopic (exact) mass is 571 g/mol. The molecule has 1 fully saturated rings. The largest absolute Gasteiger partial charge is 0.496 e. The molecule has 6 N–H and O–H groups in total. The standard InChI is InChI=1S/C32H45NO8/c1-18-12-19(2)23(29-28(38)27(37)26(36)25(16-34)41-29)15-22(18)14-21-9-8-20(13-24(21)40-7)10-11-31(3,4)30(39)33-32(5,6)17-35/h8-13,15,25-29,34-38H,14,16-17H2,1-7H3,(H,33,39)/b11-10+/t25-,26-,27+,28-,29+/m1/s1. The second kappa shape index (κ2) is 13.0. The molecule has 41 heavy (non-hydrogen) atoms. The molecule has 2 aromatic carbocycles. The molecule has 1 amide bonds. The van der Waals surface area contributed by atoms with E-state index < -0.39 is 48.1 Å². The minimum atomic E-state index is -1.45. The van der Waals surface area contributed by atoms with Crippen LogP contribution in [-0.4, -0.2) is 81.7 Å². The van der Waals surface area contributed by atoms with Gasteiger partial charge in [-0.05, 0) is 81.0 Å². The lowest BCUT2D eigenvalue weighted by Gasteiger charge is -2.40. The summed E-state index contributed by atoms with van der Waals surface area (Å²) in [6.45, 7) is 10.4. The van der Waals surface area contributed by atoms with Gasteiger partial charge in [-0.2, -0.15) is 0 Å². The van der Waals surface area contributed by atoms with Crippen LogP contribution < -0.4 is 10.1 Å². The van der Waals surface area contributed by atoms with Gasteiger partial charge in [0.05, 0.1) is 31.3 Å². The number of ether oxygens (including phenoxy) is 2. The fraction of sp³-hybridized carbons (Fsp3) is 0.531. The molecule has 0 radical (unpaired) electrons. The topological polar surface area (TPSA) is 149 Å². The summed E-state index contributed by atoms with van der Waals surface area (Å²) in [5, 5.41) is 53.1. The van der Waals surface area contributed by atoms with E-state index in [0.717, 1.165) is 27.8 Å². The van der Waals surface area contributed by atoms with Gasteiger partial charge in [0, 0.05) is 6.42 Å². The zero-order valence-electron chi connectivity index (χ0n) is 25.0. The molecule has 0 spiro atoms. The van der Waals surface area contributed by atoms with E-state index in [1.807, 2.05) is 70.2 Å². The Kier molecular flexibility index (Phi) is 10.4. The summed E-state index contributed by atoms with van der Waals surface area (Å²) in [5.74, 6) is 0.478. The number of nitrogens with one attached hydrogen (secondary N) is 1. The van der Waals surface area contributed by atoms with Crippen molar-refractivity contribution in [2.75, 3.05) is 20.3 Å². The van der Waals surface area contributed by atoms with Gasteiger partial charge >= 0.3 is 0 Å². The Hall–Kier alpha value is -2.79. The zero-order valence-corrected chi connectivity index (χ0v) is 25.0. The summed E-state index contributed by atoms with van der Waals surface area (Å²) < 4.78 is 11.5. The molecule has 1 heterocycles. The first-order valence-corrected chi connectivity index (χ1v) is 13.8. The molecule has 0 bridgehead atoms. The average molecular weight is 572 g/mol. The third-order valence-electron chi connectivity index (χ3n) is 7.74. The van der Waals surface area contributed by atoms with Crippen LogP contribution in [0.5, 0.6) is 5.75 Å². The van der Waals surface area contributed by atoms with Gasteiger partial charge in [-0.1, -0.05) is 36.4 Å². The fourth-order valence-electron chi connectivity index (χ4n) is 4.88. The van der Waals surface area contributed by atoms with Crippen LogP contribution in [-0.2, 0) is 16.0 Å². The van der Waals surface area contributed by atoms with Gasteiger partial charge in [-0.3, -0.25) is 4.79 Å². The molecule has 226 valence electrons. The van der Waals surface area contributed by atoms with Gasteiger partial charge in [-0.25, -0.2) is 0 Å². The van der Waals surface area contributed by atoms with E-state index in [9.17, 15) is 30.3 Å². The van der Waals surface area contributed by atoms with E-state index in [1.165, 1.54) is 0 Å². The third-order valence-corrected chi connectivity index (χ3v) is 7.74. The second-order valence-corrected chi connectivity index (χ2v) is 12.2. The maximum atomic E-state index is 12.8. The van der Waals surface area contributed by atoms with Gasteiger partial charge in [-0.15, -0.1) is 0 Å². The summed E-state index contributed by atoms with van der Waals surface area (Å²) in [6, 6.07) is 9.73. The van der Waals surface area contributed by atoms with Gasteiger partial charge in [0.15, 0.2) is 0 Å². The summed E-state index contributed by atoms with van der Waals surface area (Å²) in [6.07, 6.45) is -1.91. The Labute approximate surface area is 242 Å². The Morgan fingerprint density at radius 1 is 0.976 bits per heavy atom. The number of methoxy groups -OCH3 is 1. The Morgan fingerprint density at radius 3 is 2.27 bits per heavy atom. The SMILES string of the molecule is COc1cc(/C=C/C(C)(C)C(=O)NC(C)(C)CO)ccc1Cc1cc([C@@H]2O[C@H](CO)[C@@H](O)[C@H](O)[C@H]2O)c(C)cc1C. The summed E-state index contributed by atoms with van der Waals surface area (Å²) in [7, 11) is 1.60. The van der Waals surface area contributed by atoms with Gasteiger partial charge < -0.3 is 40.3 Å². The predicted molar refractivity (Wildman–Crippen MR) is 157 cm³/mol. The first-order chi connectivity index (χ1) is 19.1. The third kappa shape index (κ3) is 7.54.